The van der Waals surface area contributed by atoms with Gasteiger partial charge in [-0.2, -0.15) is 0 Å². The largest absolute Gasteiger partial charge is 0.481 e. The van der Waals surface area contributed by atoms with Crippen molar-refractivity contribution in [3.05, 3.63) is 23.9 Å². The van der Waals surface area contributed by atoms with Crippen molar-refractivity contribution in [2.75, 3.05) is 24.6 Å². The minimum atomic E-state index is -0.882. The van der Waals surface area contributed by atoms with Crippen LogP contribution in [0.4, 0.5) is 5.82 Å². The highest BCUT2D eigenvalue weighted by atomic mass is 16.5. The minimum absolute atomic E-state index is 0.00726. The molecule has 104 valence electrons. The Balaban J connectivity index is 2.96. The highest BCUT2D eigenvalue weighted by Crippen LogP contribution is 2.18. The van der Waals surface area contributed by atoms with Crippen LogP contribution in [0.2, 0.25) is 0 Å². The molecule has 19 heavy (non-hydrogen) atoms. The molecule has 6 nitrogen and oxygen atoms in total. The van der Waals surface area contributed by atoms with E-state index in [1.165, 1.54) is 0 Å². The first-order valence-electron chi connectivity index (χ1n) is 6.19. The molecule has 0 radical (unpaired) electrons. The molecule has 0 saturated heterocycles. The quantitative estimate of drug-likeness (QED) is 0.754. The van der Waals surface area contributed by atoms with Crippen molar-refractivity contribution in [1.29, 1.82) is 0 Å². The monoisotopic (exact) mass is 266 g/mol. The lowest BCUT2D eigenvalue weighted by Gasteiger charge is -2.22. The van der Waals surface area contributed by atoms with Gasteiger partial charge in [0, 0.05) is 19.3 Å². The first kappa shape index (κ1) is 14.9. The van der Waals surface area contributed by atoms with Gasteiger partial charge >= 0.3 is 11.9 Å². The Bertz CT molecular complexity index is 448. The molecule has 6 heteroatoms. The van der Waals surface area contributed by atoms with Gasteiger partial charge in [-0.3, -0.25) is 4.79 Å². The molecule has 1 heterocycles. The predicted molar refractivity (Wildman–Crippen MR) is 70.3 cm³/mol. The molecule has 0 saturated carbocycles. The highest BCUT2D eigenvalue weighted by Gasteiger charge is 2.18. The number of nitrogens with zero attached hydrogens (tertiary/aromatic N) is 2. The third-order valence-corrected chi connectivity index (χ3v) is 2.56. The first-order chi connectivity index (χ1) is 9.10. The van der Waals surface area contributed by atoms with Gasteiger partial charge in [-0.05, 0) is 26.0 Å². The number of carboxylic acids is 1. The smallest absolute Gasteiger partial charge is 0.341 e. The fraction of sp³-hybridized carbons (Fsp3) is 0.462. The summed E-state index contributed by atoms with van der Waals surface area (Å²) >= 11 is 0. The fourth-order valence-corrected chi connectivity index (χ4v) is 1.66. The van der Waals surface area contributed by atoms with E-state index < -0.39 is 11.9 Å². The maximum absolute atomic E-state index is 11.8. The van der Waals surface area contributed by atoms with Crippen molar-refractivity contribution in [3.8, 4) is 0 Å². The van der Waals surface area contributed by atoms with Crippen LogP contribution < -0.4 is 4.90 Å². The number of hydrogen-bond acceptors (Lipinski definition) is 5. The van der Waals surface area contributed by atoms with Gasteiger partial charge in [0.15, 0.2) is 0 Å². The molecule has 0 aliphatic carbocycles. The molecule has 1 N–H and O–H groups in total. The summed E-state index contributed by atoms with van der Waals surface area (Å²) in [6.07, 6.45) is 1.56. The third-order valence-electron chi connectivity index (χ3n) is 2.56. The van der Waals surface area contributed by atoms with Crippen molar-refractivity contribution < 1.29 is 19.4 Å². The van der Waals surface area contributed by atoms with Crippen LogP contribution >= 0.6 is 0 Å². The highest BCUT2D eigenvalue weighted by molar-refractivity contribution is 5.94. The topological polar surface area (TPSA) is 79.7 Å². The standard InChI is InChI=1S/C13H18N2O4/c1-3-15(9-7-11(16)17)12-10(6-5-8-14-12)13(18)19-4-2/h5-6,8H,3-4,7,9H2,1-2H3,(H,16,17). The molecule has 0 aromatic carbocycles. The molecule has 0 bridgehead atoms. The maximum Gasteiger partial charge on any atom is 0.341 e. The summed E-state index contributed by atoms with van der Waals surface area (Å²) in [6, 6.07) is 3.28. The second kappa shape index (κ2) is 7.35. The molecule has 1 aromatic rings. The Morgan fingerprint density at radius 2 is 2.16 bits per heavy atom. The minimum Gasteiger partial charge on any atom is -0.481 e. The lowest BCUT2D eigenvalue weighted by Crippen LogP contribution is -2.28. The van der Waals surface area contributed by atoms with Crippen molar-refractivity contribution in [2.24, 2.45) is 0 Å². The lowest BCUT2D eigenvalue weighted by atomic mass is 10.2. The van der Waals surface area contributed by atoms with Gasteiger partial charge in [-0.15, -0.1) is 0 Å². The van der Waals surface area contributed by atoms with E-state index in [0.29, 0.717) is 24.5 Å². The molecular weight excluding hydrogens is 248 g/mol. The summed E-state index contributed by atoms with van der Waals surface area (Å²) in [7, 11) is 0. The summed E-state index contributed by atoms with van der Waals surface area (Å²) in [5.41, 5.74) is 0.358. The number of carbonyl (C=O) groups excluding carboxylic acids is 1. The SMILES string of the molecule is CCOC(=O)c1cccnc1N(CC)CCC(=O)O. The average Bonchev–Trinajstić information content (AvgIpc) is 2.40. The van der Waals surface area contributed by atoms with E-state index in [2.05, 4.69) is 4.98 Å². The van der Waals surface area contributed by atoms with Crippen LogP contribution in [0.5, 0.6) is 0 Å². The number of hydrogen-bond donors (Lipinski definition) is 1. The average molecular weight is 266 g/mol. The van der Waals surface area contributed by atoms with Crippen LogP contribution in [0.3, 0.4) is 0 Å². The second-order valence-corrected chi connectivity index (χ2v) is 3.82. The Labute approximate surface area is 112 Å². The molecule has 1 aromatic heterocycles. The maximum atomic E-state index is 11.8. The van der Waals surface area contributed by atoms with E-state index in [1.54, 1.807) is 30.2 Å². The van der Waals surface area contributed by atoms with E-state index in [0.717, 1.165) is 0 Å². The molecule has 0 aliphatic heterocycles. The molecule has 0 spiro atoms. The van der Waals surface area contributed by atoms with Crippen LogP contribution in [0.1, 0.15) is 30.6 Å². The van der Waals surface area contributed by atoms with Gasteiger partial charge in [0.25, 0.3) is 0 Å². The fourth-order valence-electron chi connectivity index (χ4n) is 1.66. The number of aromatic nitrogens is 1. The molecular formula is C13H18N2O4. The Morgan fingerprint density at radius 1 is 1.42 bits per heavy atom. The molecule has 1 rings (SSSR count). The van der Waals surface area contributed by atoms with Crippen molar-refractivity contribution in [2.45, 2.75) is 20.3 Å². The molecule has 0 aliphatic rings. The Morgan fingerprint density at radius 3 is 2.74 bits per heavy atom. The van der Waals surface area contributed by atoms with Gasteiger partial charge in [0.2, 0.25) is 0 Å². The number of anilines is 1. The molecule has 0 unspecified atom stereocenters. The van der Waals surface area contributed by atoms with Crippen molar-refractivity contribution in [3.63, 3.8) is 0 Å². The zero-order chi connectivity index (χ0) is 14.3. The number of ether oxygens (including phenoxy) is 1. The van der Waals surface area contributed by atoms with E-state index in [4.69, 9.17) is 9.84 Å². The van der Waals surface area contributed by atoms with Gasteiger partial charge in [0.1, 0.15) is 11.4 Å². The first-order valence-corrected chi connectivity index (χ1v) is 6.19. The van der Waals surface area contributed by atoms with Crippen LogP contribution in [0.25, 0.3) is 0 Å². The Kier molecular flexibility index (Phi) is 5.78. The van der Waals surface area contributed by atoms with Crippen LogP contribution in [0, 0.1) is 0 Å². The molecule has 0 fully saturated rings. The normalized spacial score (nSPS) is 10.0. The summed E-state index contributed by atoms with van der Waals surface area (Å²) in [5.74, 6) is -0.865. The number of aliphatic carboxylic acids is 1. The summed E-state index contributed by atoms with van der Waals surface area (Å²) in [5, 5.41) is 8.73. The number of esters is 1. The summed E-state index contributed by atoms with van der Waals surface area (Å²) in [4.78, 5) is 28.4. The lowest BCUT2D eigenvalue weighted by molar-refractivity contribution is -0.136. The predicted octanol–water partition coefficient (Wildman–Crippen LogP) is 1.56. The number of carbonyl (C=O) groups is 2. The number of pyridine rings is 1. The van der Waals surface area contributed by atoms with E-state index in [-0.39, 0.29) is 13.0 Å². The van der Waals surface area contributed by atoms with Crippen molar-refractivity contribution in [1.82, 2.24) is 4.98 Å². The van der Waals surface area contributed by atoms with Gasteiger partial charge in [0.05, 0.1) is 13.0 Å². The van der Waals surface area contributed by atoms with E-state index >= 15 is 0 Å². The molecule has 0 amide bonds. The van der Waals surface area contributed by atoms with Gasteiger partial charge < -0.3 is 14.7 Å². The number of rotatable bonds is 7. The third kappa shape index (κ3) is 4.24. The van der Waals surface area contributed by atoms with Crippen LogP contribution in [-0.4, -0.2) is 41.7 Å². The zero-order valence-electron chi connectivity index (χ0n) is 11.1. The van der Waals surface area contributed by atoms with Crippen LogP contribution in [-0.2, 0) is 9.53 Å². The summed E-state index contributed by atoms with van der Waals surface area (Å²) in [6.45, 7) is 4.77. The molecule has 0 atom stereocenters. The van der Waals surface area contributed by atoms with Crippen molar-refractivity contribution >= 4 is 17.8 Å². The van der Waals surface area contributed by atoms with Gasteiger partial charge in [-0.25, -0.2) is 9.78 Å². The Hall–Kier alpha value is -2.11. The van der Waals surface area contributed by atoms with E-state index in [1.807, 2.05) is 6.92 Å². The van der Waals surface area contributed by atoms with Gasteiger partial charge in [-0.1, -0.05) is 0 Å². The zero-order valence-corrected chi connectivity index (χ0v) is 11.1. The summed E-state index contributed by atoms with van der Waals surface area (Å²) < 4.78 is 4.97. The number of carboxylic acid groups (broad SMARTS) is 1. The van der Waals surface area contributed by atoms with E-state index in [9.17, 15) is 9.59 Å². The van der Waals surface area contributed by atoms with Crippen LogP contribution in [0.15, 0.2) is 18.3 Å². The second-order valence-electron chi connectivity index (χ2n) is 3.82.